The summed E-state index contributed by atoms with van der Waals surface area (Å²) in [4.78, 5) is 21.4. The van der Waals surface area contributed by atoms with E-state index in [9.17, 15) is 9.59 Å². The van der Waals surface area contributed by atoms with Crippen molar-refractivity contribution >= 4 is 11.6 Å². The molecule has 0 spiro atoms. The second-order valence-electron chi connectivity index (χ2n) is 2.69. The van der Waals surface area contributed by atoms with Gasteiger partial charge in [-0.15, -0.1) is 0 Å². The van der Waals surface area contributed by atoms with E-state index in [4.69, 9.17) is 0 Å². The molecule has 11 heavy (non-hydrogen) atoms. The van der Waals surface area contributed by atoms with Crippen LogP contribution in [0, 0.1) is 0 Å². The first-order valence-electron chi connectivity index (χ1n) is 3.75. The van der Waals surface area contributed by atoms with Gasteiger partial charge in [-0.1, -0.05) is 0 Å². The molecule has 0 aromatic carbocycles. The fraction of sp³-hybridized carbons (Fsp3) is 0.750. The first-order valence-corrected chi connectivity index (χ1v) is 3.75. The molecule has 0 bridgehead atoms. The monoisotopic (exact) mass is 157 g/mol. The van der Waals surface area contributed by atoms with E-state index in [2.05, 4.69) is 5.32 Å². The van der Waals surface area contributed by atoms with E-state index in [1.54, 1.807) is 7.05 Å². The third-order valence-corrected chi connectivity index (χ3v) is 1.62. The van der Waals surface area contributed by atoms with Gasteiger partial charge in [-0.3, -0.25) is 4.79 Å². The van der Waals surface area contributed by atoms with Crippen molar-refractivity contribution < 1.29 is 9.59 Å². The van der Waals surface area contributed by atoms with Crippen molar-refractivity contribution in [3.05, 3.63) is 0 Å². The Bertz CT molecular complexity index is 154. The van der Waals surface area contributed by atoms with Gasteiger partial charge in [-0.2, -0.15) is 0 Å². The Morgan fingerprint density at radius 3 is 2.18 bits per heavy atom. The van der Waals surface area contributed by atoms with Gasteiger partial charge in [0.2, 0.25) is 0 Å². The zero-order valence-corrected chi connectivity index (χ0v) is 7.31. The normalized spacial score (nSPS) is 12.6. The lowest BCUT2D eigenvalue weighted by Gasteiger charge is -2.10. The topological polar surface area (TPSA) is 46.2 Å². The van der Waals surface area contributed by atoms with Gasteiger partial charge in [0.05, 0.1) is 6.04 Å². The molecular formula is C8H15NO2. The van der Waals surface area contributed by atoms with Gasteiger partial charge < -0.3 is 10.1 Å². The number of hydrogen-bond donors (Lipinski definition) is 1. The molecule has 0 unspecified atom stereocenters. The van der Waals surface area contributed by atoms with Gasteiger partial charge in [-0.25, -0.2) is 0 Å². The van der Waals surface area contributed by atoms with Crippen molar-refractivity contribution in [3.8, 4) is 0 Å². The molecular weight excluding hydrogens is 142 g/mol. The van der Waals surface area contributed by atoms with Crippen molar-refractivity contribution in [1.29, 1.82) is 0 Å². The number of ketones is 2. The van der Waals surface area contributed by atoms with Crippen LogP contribution < -0.4 is 5.32 Å². The van der Waals surface area contributed by atoms with Gasteiger partial charge >= 0.3 is 0 Å². The number of Topliss-reactive ketones (excluding diaryl/α,β-unsaturated/α-hetero) is 2. The van der Waals surface area contributed by atoms with Gasteiger partial charge in [0.15, 0.2) is 0 Å². The summed E-state index contributed by atoms with van der Waals surface area (Å²) in [7, 11) is 1.73. The molecule has 3 heteroatoms. The fourth-order valence-corrected chi connectivity index (χ4v) is 0.898. The molecule has 0 saturated heterocycles. The van der Waals surface area contributed by atoms with Crippen molar-refractivity contribution in [2.24, 2.45) is 0 Å². The summed E-state index contributed by atoms with van der Waals surface area (Å²) in [5, 5.41) is 2.86. The second-order valence-corrected chi connectivity index (χ2v) is 2.69. The molecule has 1 N–H and O–H groups in total. The van der Waals surface area contributed by atoms with Crippen molar-refractivity contribution in [1.82, 2.24) is 5.32 Å². The Balaban J connectivity index is 3.70. The molecule has 0 fully saturated rings. The molecule has 0 aliphatic carbocycles. The molecule has 0 radical (unpaired) electrons. The summed E-state index contributed by atoms with van der Waals surface area (Å²) >= 11 is 0. The summed E-state index contributed by atoms with van der Waals surface area (Å²) < 4.78 is 0. The lowest BCUT2D eigenvalue weighted by atomic mass is 10.1. The van der Waals surface area contributed by atoms with E-state index in [-0.39, 0.29) is 17.6 Å². The van der Waals surface area contributed by atoms with Crippen LogP contribution in [0.15, 0.2) is 0 Å². The summed E-state index contributed by atoms with van der Waals surface area (Å²) in [6, 6.07) is -0.154. The highest BCUT2D eigenvalue weighted by Gasteiger charge is 2.11. The predicted molar refractivity (Wildman–Crippen MR) is 43.4 cm³/mol. The van der Waals surface area contributed by atoms with Crippen LogP contribution in [0.1, 0.15) is 26.7 Å². The van der Waals surface area contributed by atoms with Crippen LogP contribution in [0.5, 0.6) is 0 Å². The Kier molecular flexibility index (Phi) is 4.70. The first-order chi connectivity index (χ1) is 5.07. The summed E-state index contributed by atoms with van der Waals surface area (Å²) in [5.74, 6) is 0.222. The highest BCUT2D eigenvalue weighted by atomic mass is 16.1. The molecule has 0 aliphatic heterocycles. The fourth-order valence-electron chi connectivity index (χ4n) is 0.898. The Morgan fingerprint density at radius 2 is 1.91 bits per heavy atom. The average molecular weight is 157 g/mol. The van der Waals surface area contributed by atoms with Gasteiger partial charge in [0.25, 0.3) is 0 Å². The molecule has 3 nitrogen and oxygen atoms in total. The van der Waals surface area contributed by atoms with E-state index in [1.165, 1.54) is 13.8 Å². The van der Waals surface area contributed by atoms with Crippen LogP contribution in [0.2, 0.25) is 0 Å². The van der Waals surface area contributed by atoms with E-state index in [0.717, 1.165) is 0 Å². The number of rotatable bonds is 5. The summed E-state index contributed by atoms with van der Waals surface area (Å²) in [6.45, 7) is 3.06. The number of likely N-dealkylation sites (N-methyl/N-ethyl adjacent to an activating group) is 1. The first kappa shape index (κ1) is 10.3. The second kappa shape index (κ2) is 5.02. The molecule has 0 rings (SSSR count). The van der Waals surface area contributed by atoms with Crippen molar-refractivity contribution in [2.45, 2.75) is 32.7 Å². The highest BCUT2D eigenvalue weighted by Crippen LogP contribution is 1.98. The zero-order chi connectivity index (χ0) is 8.85. The van der Waals surface area contributed by atoms with Crippen molar-refractivity contribution in [3.63, 3.8) is 0 Å². The number of hydrogen-bond acceptors (Lipinski definition) is 3. The lowest BCUT2D eigenvalue weighted by Crippen LogP contribution is -2.32. The summed E-state index contributed by atoms with van der Waals surface area (Å²) in [5.41, 5.74) is 0. The third kappa shape index (κ3) is 4.67. The highest BCUT2D eigenvalue weighted by molar-refractivity contribution is 5.82. The van der Waals surface area contributed by atoms with E-state index < -0.39 is 0 Å². The van der Waals surface area contributed by atoms with E-state index >= 15 is 0 Å². The standard InChI is InChI=1S/C8H15NO2/c1-6(10)4-5-8(9-3)7(2)11/h8-9H,4-5H2,1-3H3/t8-/m0/s1. The Labute approximate surface area is 67.2 Å². The van der Waals surface area contributed by atoms with Gasteiger partial charge in [-0.05, 0) is 27.3 Å². The Morgan fingerprint density at radius 1 is 1.36 bits per heavy atom. The minimum absolute atomic E-state index is 0.0914. The van der Waals surface area contributed by atoms with E-state index in [1.807, 2.05) is 0 Å². The van der Waals surface area contributed by atoms with E-state index in [0.29, 0.717) is 12.8 Å². The van der Waals surface area contributed by atoms with Crippen LogP contribution in [0.3, 0.4) is 0 Å². The van der Waals surface area contributed by atoms with Gasteiger partial charge in [0.1, 0.15) is 11.6 Å². The Hall–Kier alpha value is -0.700. The number of carbonyl (C=O) groups excluding carboxylic acids is 2. The number of nitrogens with one attached hydrogen (secondary N) is 1. The summed E-state index contributed by atoms with van der Waals surface area (Å²) in [6.07, 6.45) is 1.09. The van der Waals surface area contributed by atoms with Crippen LogP contribution in [0.25, 0.3) is 0 Å². The van der Waals surface area contributed by atoms with Crippen LogP contribution in [0.4, 0.5) is 0 Å². The molecule has 64 valence electrons. The molecule has 0 amide bonds. The maximum Gasteiger partial charge on any atom is 0.146 e. The van der Waals surface area contributed by atoms with Crippen LogP contribution in [-0.4, -0.2) is 24.7 Å². The minimum atomic E-state index is -0.154. The molecule has 0 heterocycles. The maximum atomic E-state index is 10.8. The maximum absolute atomic E-state index is 10.8. The molecule has 0 aliphatic rings. The quantitative estimate of drug-likeness (QED) is 0.633. The average Bonchev–Trinajstić information content (AvgIpc) is 1.87. The molecule has 1 atom stereocenters. The zero-order valence-electron chi connectivity index (χ0n) is 7.31. The minimum Gasteiger partial charge on any atom is -0.311 e. The predicted octanol–water partition coefficient (Wildman–Crippen LogP) is 0.533. The number of carbonyl (C=O) groups is 2. The van der Waals surface area contributed by atoms with Gasteiger partial charge in [0, 0.05) is 6.42 Å². The lowest BCUT2D eigenvalue weighted by molar-refractivity contribution is -0.119. The SMILES string of the molecule is CN[C@@H](CCC(C)=O)C(C)=O. The van der Waals surface area contributed by atoms with Crippen LogP contribution >= 0.6 is 0 Å². The van der Waals surface area contributed by atoms with Crippen molar-refractivity contribution in [2.75, 3.05) is 7.05 Å². The third-order valence-electron chi connectivity index (χ3n) is 1.62. The van der Waals surface area contributed by atoms with Crippen LogP contribution in [-0.2, 0) is 9.59 Å². The molecule has 0 aromatic rings. The largest absolute Gasteiger partial charge is 0.311 e. The smallest absolute Gasteiger partial charge is 0.146 e. The molecule has 0 aromatic heterocycles. The molecule has 0 saturated carbocycles.